The number of fused-ring (bicyclic) bond motifs is 2. The smallest absolute Gasteiger partial charge is 0.278 e. The summed E-state index contributed by atoms with van der Waals surface area (Å²) >= 11 is 0. The van der Waals surface area contributed by atoms with E-state index in [9.17, 15) is 9.18 Å². The predicted octanol–water partition coefficient (Wildman–Crippen LogP) is 3.57. The van der Waals surface area contributed by atoms with Crippen LogP contribution in [0.3, 0.4) is 0 Å². The number of benzene rings is 1. The van der Waals surface area contributed by atoms with Crippen LogP contribution in [0, 0.1) is 5.82 Å². The Labute approximate surface area is 143 Å². The minimum absolute atomic E-state index is 0.0312. The van der Waals surface area contributed by atoms with Gasteiger partial charge in [-0.15, -0.1) is 0 Å². The Morgan fingerprint density at radius 2 is 1.92 bits per heavy atom. The van der Waals surface area contributed by atoms with E-state index in [1.165, 1.54) is 18.5 Å². The number of amides is 1. The van der Waals surface area contributed by atoms with Crippen molar-refractivity contribution in [3.8, 4) is 11.3 Å². The molecule has 0 radical (unpaired) electrons. The first kappa shape index (κ1) is 14.3. The van der Waals surface area contributed by atoms with Gasteiger partial charge in [0.25, 0.3) is 5.91 Å². The first-order valence-corrected chi connectivity index (χ1v) is 8.15. The number of halogens is 1. The average Bonchev–Trinajstić information content (AvgIpc) is 3.25. The monoisotopic (exact) mass is 335 g/mol. The molecule has 124 valence electrons. The van der Waals surface area contributed by atoms with Crippen LogP contribution in [0.5, 0.6) is 0 Å². The third kappa shape index (κ3) is 2.10. The first-order valence-electron chi connectivity index (χ1n) is 8.15. The molecule has 0 unspecified atom stereocenters. The van der Waals surface area contributed by atoms with Crippen molar-refractivity contribution < 1.29 is 13.6 Å². The SMILES string of the molecule is O=C1c2ncccc2C2(CC2)CN1c1ncoc1-c1ccc(F)cc1. The van der Waals surface area contributed by atoms with Gasteiger partial charge >= 0.3 is 0 Å². The van der Waals surface area contributed by atoms with Gasteiger partial charge in [-0.2, -0.15) is 4.98 Å². The molecule has 1 amide bonds. The molecular formula is C19H14FN3O2. The van der Waals surface area contributed by atoms with Gasteiger partial charge in [-0.05, 0) is 48.7 Å². The maximum Gasteiger partial charge on any atom is 0.278 e. The molecule has 1 aliphatic heterocycles. The number of hydrogen-bond acceptors (Lipinski definition) is 4. The predicted molar refractivity (Wildman–Crippen MR) is 88.7 cm³/mol. The molecule has 0 atom stereocenters. The molecule has 5 rings (SSSR count). The zero-order valence-corrected chi connectivity index (χ0v) is 13.3. The van der Waals surface area contributed by atoms with Crippen LogP contribution in [-0.4, -0.2) is 22.4 Å². The highest BCUT2D eigenvalue weighted by atomic mass is 19.1. The molecule has 1 saturated carbocycles. The van der Waals surface area contributed by atoms with E-state index in [4.69, 9.17) is 4.42 Å². The maximum atomic E-state index is 13.2. The van der Waals surface area contributed by atoms with E-state index in [0.29, 0.717) is 29.4 Å². The second-order valence-electron chi connectivity index (χ2n) is 6.58. The summed E-state index contributed by atoms with van der Waals surface area (Å²) in [5.41, 5.74) is 2.16. The van der Waals surface area contributed by atoms with Gasteiger partial charge in [0, 0.05) is 23.7 Å². The molecular weight excluding hydrogens is 321 g/mol. The highest BCUT2D eigenvalue weighted by molar-refractivity contribution is 6.08. The van der Waals surface area contributed by atoms with Crippen molar-refractivity contribution in [2.24, 2.45) is 0 Å². The molecule has 1 fully saturated rings. The largest absolute Gasteiger partial charge is 0.441 e. The van der Waals surface area contributed by atoms with Crippen LogP contribution >= 0.6 is 0 Å². The summed E-state index contributed by atoms with van der Waals surface area (Å²) in [6, 6.07) is 9.83. The van der Waals surface area contributed by atoms with Crippen molar-refractivity contribution in [1.82, 2.24) is 9.97 Å². The minimum Gasteiger partial charge on any atom is -0.441 e. The van der Waals surface area contributed by atoms with Gasteiger partial charge in [0.1, 0.15) is 11.5 Å². The highest BCUT2D eigenvalue weighted by Gasteiger charge is 2.53. The zero-order chi connectivity index (χ0) is 17.0. The summed E-state index contributed by atoms with van der Waals surface area (Å²) in [6.45, 7) is 0.561. The van der Waals surface area contributed by atoms with E-state index in [1.54, 1.807) is 23.2 Å². The number of anilines is 1. The van der Waals surface area contributed by atoms with Gasteiger partial charge in [0.2, 0.25) is 0 Å². The number of oxazole rings is 1. The van der Waals surface area contributed by atoms with Crippen LogP contribution < -0.4 is 4.90 Å². The van der Waals surface area contributed by atoms with Crippen LogP contribution in [0.1, 0.15) is 28.9 Å². The molecule has 5 nitrogen and oxygen atoms in total. The summed E-state index contributed by atoms with van der Waals surface area (Å²) in [4.78, 5) is 23.2. The molecule has 3 aromatic rings. The molecule has 0 saturated heterocycles. The van der Waals surface area contributed by atoms with Gasteiger partial charge in [-0.3, -0.25) is 14.7 Å². The number of aromatic nitrogens is 2. The van der Waals surface area contributed by atoms with Crippen LogP contribution in [0.4, 0.5) is 10.2 Å². The molecule has 0 N–H and O–H groups in total. The Hall–Kier alpha value is -3.02. The van der Waals surface area contributed by atoms with Gasteiger partial charge in [0.15, 0.2) is 18.0 Å². The van der Waals surface area contributed by atoms with Crippen molar-refractivity contribution >= 4 is 11.7 Å². The summed E-state index contributed by atoms with van der Waals surface area (Å²) in [7, 11) is 0. The second-order valence-corrected chi connectivity index (χ2v) is 6.58. The number of carbonyl (C=O) groups excluding carboxylic acids is 1. The van der Waals surface area contributed by atoms with Crippen molar-refractivity contribution in [2.75, 3.05) is 11.4 Å². The quantitative estimate of drug-likeness (QED) is 0.718. The topological polar surface area (TPSA) is 59.2 Å². The van der Waals surface area contributed by atoms with Crippen molar-refractivity contribution in [3.63, 3.8) is 0 Å². The lowest BCUT2D eigenvalue weighted by molar-refractivity contribution is 0.0968. The maximum absolute atomic E-state index is 13.2. The lowest BCUT2D eigenvalue weighted by atomic mass is 9.89. The standard InChI is InChI=1S/C19H14FN3O2/c20-13-5-3-12(4-6-13)16-17(22-11-25-16)23-10-19(7-8-19)14-2-1-9-21-15(14)18(23)24/h1-6,9,11H,7-8,10H2. The fourth-order valence-corrected chi connectivity index (χ4v) is 3.57. The number of pyridine rings is 1. The van der Waals surface area contributed by atoms with E-state index in [0.717, 1.165) is 18.4 Å². The summed E-state index contributed by atoms with van der Waals surface area (Å²) in [5, 5.41) is 0. The fourth-order valence-electron chi connectivity index (χ4n) is 3.57. The number of carbonyl (C=O) groups is 1. The molecule has 25 heavy (non-hydrogen) atoms. The lowest BCUT2D eigenvalue weighted by Crippen LogP contribution is -2.44. The van der Waals surface area contributed by atoms with Crippen LogP contribution in [0.2, 0.25) is 0 Å². The van der Waals surface area contributed by atoms with Gasteiger partial charge < -0.3 is 4.42 Å². The van der Waals surface area contributed by atoms with Gasteiger partial charge in [0.05, 0.1) is 0 Å². The second kappa shape index (κ2) is 4.99. The Kier molecular flexibility index (Phi) is 2.86. The highest BCUT2D eigenvalue weighted by Crippen LogP contribution is 2.52. The molecule has 3 heterocycles. The Balaban J connectivity index is 1.61. The molecule has 2 aromatic heterocycles. The fraction of sp³-hybridized carbons (Fsp3) is 0.211. The molecule has 0 bridgehead atoms. The van der Waals surface area contributed by atoms with E-state index in [1.807, 2.05) is 12.1 Å². The van der Waals surface area contributed by atoms with Gasteiger partial charge in [-0.25, -0.2) is 4.39 Å². The van der Waals surface area contributed by atoms with Gasteiger partial charge in [-0.1, -0.05) is 6.07 Å². The van der Waals surface area contributed by atoms with E-state index in [2.05, 4.69) is 9.97 Å². The number of hydrogen-bond donors (Lipinski definition) is 0. The third-order valence-electron chi connectivity index (χ3n) is 5.05. The average molecular weight is 335 g/mol. The van der Waals surface area contributed by atoms with E-state index in [-0.39, 0.29) is 17.1 Å². The molecule has 1 aromatic carbocycles. The first-order chi connectivity index (χ1) is 12.2. The molecule has 6 heteroatoms. The number of nitrogens with zero attached hydrogens (tertiary/aromatic N) is 3. The van der Waals surface area contributed by atoms with E-state index >= 15 is 0 Å². The zero-order valence-electron chi connectivity index (χ0n) is 13.3. The summed E-state index contributed by atoms with van der Waals surface area (Å²) in [6.07, 6.45) is 5.01. The lowest BCUT2D eigenvalue weighted by Gasteiger charge is -2.32. The normalized spacial score (nSPS) is 17.6. The Bertz CT molecular complexity index is 976. The Morgan fingerprint density at radius 1 is 1.12 bits per heavy atom. The van der Waals surface area contributed by atoms with Crippen molar-refractivity contribution in [1.29, 1.82) is 0 Å². The Morgan fingerprint density at radius 3 is 2.68 bits per heavy atom. The van der Waals surface area contributed by atoms with Crippen molar-refractivity contribution in [3.05, 3.63) is 66.1 Å². The van der Waals surface area contributed by atoms with Crippen LogP contribution in [0.15, 0.2) is 53.4 Å². The van der Waals surface area contributed by atoms with Crippen LogP contribution in [-0.2, 0) is 5.41 Å². The third-order valence-corrected chi connectivity index (χ3v) is 5.05. The molecule has 1 spiro atoms. The minimum atomic E-state index is -0.325. The molecule has 1 aliphatic carbocycles. The molecule has 2 aliphatic rings. The number of rotatable bonds is 2. The van der Waals surface area contributed by atoms with Crippen LogP contribution in [0.25, 0.3) is 11.3 Å². The van der Waals surface area contributed by atoms with E-state index < -0.39 is 0 Å². The summed E-state index contributed by atoms with van der Waals surface area (Å²) in [5.74, 6) is 0.419. The van der Waals surface area contributed by atoms with Crippen molar-refractivity contribution in [2.45, 2.75) is 18.3 Å². The summed E-state index contributed by atoms with van der Waals surface area (Å²) < 4.78 is 18.7.